The molecular weight excluding hydrogens is 1020 g/mol. The number of aromatic hydroxyl groups is 1. The van der Waals surface area contributed by atoms with Crippen molar-refractivity contribution in [1.82, 2.24) is 0 Å². The molecule has 7 N–H and O–H groups in total. The molecule has 440 valence electrons. The number of amides is 1. The lowest BCUT2D eigenvalue weighted by Crippen LogP contribution is -2.19. The quantitative estimate of drug-likeness (QED) is 0.0102. The van der Waals surface area contributed by atoms with Crippen LogP contribution in [0.2, 0.25) is 0 Å². The van der Waals surface area contributed by atoms with E-state index in [4.69, 9.17) is 10.2 Å². The number of aliphatic carboxylic acids is 1. The van der Waals surface area contributed by atoms with Crippen molar-refractivity contribution in [1.29, 1.82) is 0 Å². The van der Waals surface area contributed by atoms with Crippen LogP contribution in [0, 0.1) is 23.7 Å². The van der Waals surface area contributed by atoms with Crippen LogP contribution in [0.3, 0.4) is 0 Å². The van der Waals surface area contributed by atoms with E-state index in [1.807, 2.05) is 84.9 Å². The van der Waals surface area contributed by atoms with Crippen LogP contribution >= 0.6 is 0 Å². The second kappa shape index (κ2) is 38.3. The molecule has 4 aromatic carbocycles. The number of benzene rings is 4. The molecule has 2 aliphatic rings. The predicted octanol–water partition coefficient (Wildman–Crippen LogP) is 12.7. The zero-order valence-corrected chi connectivity index (χ0v) is 47.9. The number of carboxylic acid groups (broad SMARTS) is 1. The lowest BCUT2D eigenvalue weighted by Gasteiger charge is -2.18. The topological polar surface area (TPSA) is 236 Å². The van der Waals surface area contributed by atoms with E-state index in [2.05, 4.69) is 19.2 Å². The summed E-state index contributed by atoms with van der Waals surface area (Å²) in [6.07, 6.45) is 22.9. The summed E-state index contributed by atoms with van der Waals surface area (Å²) >= 11 is 0. The van der Waals surface area contributed by atoms with E-state index < -0.39 is 30.4 Å². The Morgan fingerprint density at radius 1 is 0.543 bits per heavy atom. The Labute approximate surface area is 481 Å². The molecule has 0 spiro atoms. The molecule has 0 radical (unpaired) electrons. The van der Waals surface area contributed by atoms with Crippen LogP contribution in [0.25, 0.3) is 0 Å². The number of nitrogens with one attached hydrogen (secondary N) is 1. The third kappa shape index (κ3) is 26.4. The van der Waals surface area contributed by atoms with Gasteiger partial charge in [-0.2, -0.15) is 0 Å². The number of aliphatic hydroxyl groups is 4. The molecule has 81 heavy (non-hydrogen) atoms. The summed E-state index contributed by atoms with van der Waals surface area (Å²) in [6.45, 7) is 4.25. The number of phenols is 1. The molecule has 0 saturated heterocycles. The van der Waals surface area contributed by atoms with Crippen molar-refractivity contribution in [3.8, 4) is 5.75 Å². The average Bonchev–Trinajstić information content (AvgIpc) is 4.05. The summed E-state index contributed by atoms with van der Waals surface area (Å²) in [5, 5.41) is 61.1. The monoisotopic (exact) mass is 1110 g/mol. The third-order valence-corrected chi connectivity index (χ3v) is 15.2. The summed E-state index contributed by atoms with van der Waals surface area (Å²) < 4.78 is 0. The van der Waals surface area contributed by atoms with Crippen LogP contribution in [0.15, 0.2) is 133 Å². The van der Waals surface area contributed by atoms with Gasteiger partial charge in [-0.15, -0.1) is 0 Å². The molecule has 0 unspecified atom stereocenters. The van der Waals surface area contributed by atoms with Crippen molar-refractivity contribution >= 4 is 40.7 Å². The first kappa shape index (κ1) is 67.1. The van der Waals surface area contributed by atoms with E-state index in [1.165, 1.54) is 12.1 Å². The van der Waals surface area contributed by atoms with Gasteiger partial charge in [0.15, 0.2) is 5.78 Å². The number of ketones is 4. The van der Waals surface area contributed by atoms with Crippen LogP contribution in [-0.2, 0) is 32.0 Å². The van der Waals surface area contributed by atoms with Crippen LogP contribution in [0.4, 0.5) is 5.69 Å². The molecule has 13 heteroatoms. The first-order valence-corrected chi connectivity index (χ1v) is 29.8. The number of unbranched alkanes of at least 4 members (excludes halogenated alkanes) is 10. The van der Waals surface area contributed by atoms with Gasteiger partial charge in [-0.25, -0.2) is 0 Å². The average molecular weight is 1110 g/mol. The second-order valence-electron chi connectivity index (χ2n) is 21.9. The Hall–Kier alpha value is -6.38. The van der Waals surface area contributed by atoms with Crippen molar-refractivity contribution in [2.45, 2.75) is 192 Å². The summed E-state index contributed by atoms with van der Waals surface area (Å²) in [5.41, 5.74) is 3.88. The smallest absolute Gasteiger partial charge is 0.303 e. The van der Waals surface area contributed by atoms with Gasteiger partial charge in [0.2, 0.25) is 0 Å². The molecule has 4 aromatic rings. The minimum absolute atomic E-state index is 0.0847. The minimum atomic E-state index is -0.767. The van der Waals surface area contributed by atoms with E-state index in [0.29, 0.717) is 48.9 Å². The van der Waals surface area contributed by atoms with Gasteiger partial charge < -0.3 is 36.0 Å². The van der Waals surface area contributed by atoms with E-state index in [0.717, 1.165) is 114 Å². The molecule has 0 aromatic heterocycles. The number of aliphatic hydroxyl groups excluding tert-OH is 4. The molecule has 8 atom stereocenters. The van der Waals surface area contributed by atoms with E-state index in [9.17, 15) is 49.2 Å². The van der Waals surface area contributed by atoms with Gasteiger partial charge in [0, 0.05) is 79.0 Å². The summed E-state index contributed by atoms with van der Waals surface area (Å²) in [4.78, 5) is 71.6. The maximum absolute atomic E-state index is 12.5. The molecule has 13 nitrogen and oxygen atoms in total. The SMILES string of the molecule is CCCCC[C@H](O)/C=C/[C@H]1[C@H](O)CC(=O)[C@@H]1CCCCCCC(=O)Cc1ccc(CC(=O)c2ccccc2)cc1.CCCCC[C@H](O)/C=C/[C@H]1[C@H](O)CC(=O)[C@@H]1CCCCCCC(=O)O.O=C(Nc1ccc(O)cc1)c1ccccc1. The zero-order valence-electron chi connectivity index (χ0n) is 47.9. The largest absolute Gasteiger partial charge is 0.508 e. The highest BCUT2D eigenvalue weighted by Gasteiger charge is 2.40. The Bertz CT molecular complexity index is 2530. The number of carbonyl (C=O) groups excluding carboxylic acids is 5. The molecule has 0 bridgehead atoms. The number of rotatable bonds is 33. The molecule has 2 fully saturated rings. The first-order chi connectivity index (χ1) is 39.1. The number of anilines is 1. The lowest BCUT2D eigenvalue weighted by atomic mass is 9.88. The van der Waals surface area contributed by atoms with Gasteiger partial charge >= 0.3 is 5.97 Å². The van der Waals surface area contributed by atoms with Gasteiger partial charge in [-0.05, 0) is 86.1 Å². The van der Waals surface area contributed by atoms with E-state index in [1.54, 1.807) is 36.4 Å². The minimum Gasteiger partial charge on any atom is -0.508 e. The van der Waals surface area contributed by atoms with Crippen LogP contribution < -0.4 is 5.32 Å². The number of phenolic OH excluding ortho intramolecular Hbond substituents is 1. The predicted molar refractivity (Wildman–Crippen MR) is 319 cm³/mol. The third-order valence-electron chi connectivity index (χ3n) is 15.2. The van der Waals surface area contributed by atoms with Gasteiger partial charge in [0.25, 0.3) is 5.91 Å². The summed E-state index contributed by atoms with van der Waals surface area (Å²) in [7, 11) is 0. The van der Waals surface area contributed by atoms with E-state index >= 15 is 0 Å². The first-order valence-electron chi connectivity index (χ1n) is 29.8. The molecular formula is C68H91NO12. The number of carboxylic acids is 1. The Kier molecular flexibility index (Phi) is 31.8. The van der Waals surface area contributed by atoms with Crippen molar-refractivity contribution in [3.05, 3.63) is 156 Å². The maximum Gasteiger partial charge on any atom is 0.303 e. The Morgan fingerprint density at radius 2 is 0.988 bits per heavy atom. The van der Waals surface area contributed by atoms with E-state index in [-0.39, 0.29) is 77.7 Å². The fourth-order valence-corrected chi connectivity index (χ4v) is 10.5. The van der Waals surface area contributed by atoms with Gasteiger partial charge in [0.1, 0.15) is 23.1 Å². The molecule has 2 aliphatic carbocycles. The number of carbonyl (C=O) groups is 6. The molecule has 0 aliphatic heterocycles. The van der Waals surface area contributed by atoms with Crippen LogP contribution in [-0.4, -0.2) is 90.1 Å². The Morgan fingerprint density at radius 3 is 1.46 bits per heavy atom. The van der Waals surface area contributed by atoms with Crippen LogP contribution in [0.1, 0.15) is 187 Å². The van der Waals surface area contributed by atoms with Crippen molar-refractivity contribution in [2.75, 3.05) is 5.32 Å². The molecule has 6 rings (SSSR count). The fourth-order valence-electron chi connectivity index (χ4n) is 10.5. The van der Waals surface area contributed by atoms with Crippen molar-refractivity contribution in [2.24, 2.45) is 23.7 Å². The fraction of sp³-hybridized carbons (Fsp3) is 0.500. The van der Waals surface area contributed by atoms with Crippen molar-refractivity contribution < 1.29 is 59.4 Å². The highest BCUT2D eigenvalue weighted by atomic mass is 16.4. The summed E-state index contributed by atoms with van der Waals surface area (Å²) in [5.74, 6) is -0.992. The lowest BCUT2D eigenvalue weighted by molar-refractivity contribution is -0.137. The normalized spacial score (nSPS) is 19.4. The molecule has 1 amide bonds. The highest BCUT2D eigenvalue weighted by Crippen LogP contribution is 2.36. The molecule has 2 saturated carbocycles. The molecule has 0 heterocycles. The number of hydrogen-bond acceptors (Lipinski definition) is 11. The summed E-state index contributed by atoms with van der Waals surface area (Å²) in [6, 6.07) is 32.3. The Balaban J connectivity index is 0.000000291. The van der Waals surface area contributed by atoms with Gasteiger partial charge in [-0.1, -0.05) is 188 Å². The number of Topliss-reactive ketones (excluding diaryl/α,β-unsaturated/α-hetero) is 4. The maximum atomic E-state index is 12.5. The zero-order chi connectivity index (χ0) is 58.8. The van der Waals surface area contributed by atoms with Crippen molar-refractivity contribution in [3.63, 3.8) is 0 Å². The van der Waals surface area contributed by atoms with Gasteiger partial charge in [0.05, 0.1) is 24.4 Å². The standard InChI is InChI=1S/C35H46O5.C20H34O5.C13H11NO2/c1-2-3-7-14-29(36)21-22-32-31(34(39)25-35(32)40)16-11-5-4-10-15-30(37)23-26-17-19-27(20-18-26)24-33(38)28-12-8-6-9-13-28;1-2-3-6-9-15(21)12-13-17-16(18(22)14-19(17)23)10-7-4-5-8-11-20(24)25;15-12-8-6-11(7-9-12)14-13(16)10-4-2-1-3-5-10/h6,8-9,12-13,17-22,29,31-32,35-36,40H,2-5,7,10-11,14-16,23-25H2,1H3;12-13,15-17,19,21,23H,2-11,14H2,1H3,(H,24,25);1-9,15H,(H,14,16)/b22-21+;13-12+;/t29-,31+,32+,35+;15-,16+,17+,19+;/m00./s1. The highest BCUT2D eigenvalue weighted by molar-refractivity contribution is 6.04. The van der Waals surface area contributed by atoms with Gasteiger partial charge in [-0.3, -0.25) is 28.8 Å². The second-order valence-corrected chi connectivity index (χ2v) is 21.9. The number of hydrogen-bond donors (Lipinski definition) is 7. The van der Waals surface area contributed by atoms with Crippen LogP contribution in [0.5, 0.6) is 5.75 Å².